The van der Waals surface area contributed by atoms with Crippen LogP contribution < -0.4 is 5.32 Å². The third-order valence-electron chi connectivity index (χ3n) is 1.69. The van der Waals surface area contributed by atoms with E-state index in [1.165, 1.54) is 0 Å². The summed E-state index contributed by atoms with van der Waals surface area (Å²) in [6.45, 7) is 0.379. The number of pyridine rings is 1. The molecule has 4 nitrogen and oxygen atoms in total. The number of methoxy groups -OCH3 is 1. The van der Waals surface area contributed by atoms with Gasteiger partial charge in [0.25, 0.3) is 0 Å². The van der Waals surface area contributed by atoms with Crippen molar-refractivity contribution in [2.75, 3.05) is 25.6 Å². The molecule has 0 aliphatic carbocycles. The van der Waals surface area contributed by atoms with Crippen molar-refractivity contribution in [3.63, 3.8) is 0 Å². The molecule has 78 valence electrons. The second kappa shape index (κ2) is 5.80. The second-order valence-electron chi connectivity index (χ2n) is 2.81. The van der Waals surface area contributed by atoms with Gasteiger partial charge in [0, 0.05) is 13.3 Å². The Morgan fingerprint density at radius 1 is 1.71 bits per heavy atom. The van der Waals surface area contributed by atoms with Gasteiger partial charge in [-0.05, 0) is 12.1 Å². The zero-order valence-corrected chi connectivity index (χ0v) is 8.66. The van der Waals surface area contributed by atoms with Crippen molar-refractivity contribution in [1.82, 2.24) is 4.98 Å². The van der Waals surface area contributed by atoms with Crippen molar-refractivity contribution in [2.24, 2.45) is 0 Å². The average molecular weight is 217 g/mol. The summed E-state index contributed by atoms with van der Waals surface area (Å²) < 4.78 is 4.91. The molecular formula is C9H13ClN2O2. The van der Waals surface area contributed by atoms with Gasteiger partial charge in [-0.25, -0.2) is 4.98 Å². The predicted octanol–water partition coefficient (Wildman–Crippen LogP) is 1.15. The Morgan fingerprint density at radius 2 is 2.50 bits per heavy atom. The van der Waals surface area contributed by atoms with Gasteiger partial charge in [0.05, 0.1) is 24.3 Å². The number of hydrogen-bond donors (Lipinski definition) is 2. The van der Waals surface area contributed by atoms with Crippen molar-refractivity contribution in [3.8, 4) is 0 Å². The lowest BCUT2D eigenvalue weighted by atomic mass is 10.3. The van der Waals surface area contributed by atoms with Crippen LogP contribution in [0.3, 0.4) is 0 Å². The number of halogens is 1. The summed E-state index contributed by atoms with van der Waals surface area (Å²) in [5.41, 5.74) is 0. The van der Waals surface area contributed by atoms with E-state index in [0.717, 1.165) is 0 Å². The van der Waals surface area contributed by atoms with Crippen molar-refractivity contribution in [3.05, 3.63) is 23.4 Å². The Kier molecular flexibility index (Phi) is 4.65. The van der Waals surface area contributed by atoms with Gasteiger partial charge in [-0.2, -0.15) is 0 Å². The minimum atomic E-state index is -0.188. The van der Waals surface area contributed by atoms with E-state index in [4.69, 9.17) is 21.4 Å². The summed E-state index contributed by atoms with van der Waals surface area (Å²) in [4.78, 5) is 4.04. The number of aliphatic hydroxyl groups is 1. The van der Waals surface area contributed by atoms with Gasteiger partial charge in [-0.1, -0.05) is 11.6 Å². The van der Waals surface area contributed by atoms with Gasteiger partial charge in [0.15, 0.2) is 0 Å². The largest absolute Gasteiger partial charge is 0.394 e. The summed E-state index contributed by atoms with van der Waals surface area (Å²) >= 11 is 5.88. The molecule has 0 aliphatic heterocycles. The molecule has 1 heterocycles. The molecule has 0 aromatic carbocycles. The first-order valence-corrected chi connectivity index (χ1v) is 4.62. The SMILES string of the molecule is COCC(CO)Nc1ncccc1Cl. The van der Waals surface area contributed by atoms with Gasteiger partial charge in [-0.3, -0.25) is 0 Å². The third-order valence-corrected chi connectivity index (χ3v) is 1.99. The van der Waals surface area contributed by atoms with E-state index in [2.05, 4.69) is 10.3 Å². The minimum Gasteiger partial charge on any atom is -0.394 e. The van der Waals surface area contributed by atoms with Crippen LogP contribution >= 0.6 is 11.6 Å². The van der Waals surface area contributed by atoms with Crippen LogP contribution in [0.1, 0.15) is 0 Å². The van der Waals surface area contributed by atoms with Crippen LogP contribution in [0.2, 0.25) is 5.02 Å². The van der Waals surface area contributed by atoms with Crippen LogP contribution in [0.4, 0.5) is 5.82 Å². The fourth-order valence-corrected chi connectivity index (χ4v) is 1.20. The van der Waals surface area contributed by atoms with Gasteiger partial charge < -0.3 is 15.2 Å². The summed E-state index contributed by atoms with van der Waals surface area (Å²) in [5.74, 6) is 0.560. The van der Waals surface area contributed by atoms with Crippen LogP contribution in [0.25, 0.3) is 0 Å². The summed E-state index contributed by atoms with van der Waals surface area (Å²) in [6.07, 6.45) is 1.63. The minimum absolute atomic E-state index is 0.0270. The van der Waals surface area contributed by atoms with Gasteiger partial charge in [0.1, 0.15) is 5.82 Å². The van der Waals surface area contributed by atoms with Crippen LogP contribution in [-0.2, 0) is 4.74 Å². The fraction of sp³-hybridized carbons (Fsp3) is 0.444. The monoisotopic (exact) mass is 216 g/mol. The Morgan fingerprint density at radius 3 is 3.07 bits per heavy atom. The predicted molar refractivity (Wildman–Crippen MR) is 55.6 cm³/mol. The number of nitrogens with one attached hydrogen (secondary N) is 1. The molecule has 0 radical (unpaired) electrons. The van der Waals surface area contributed by atoms with E-state index in [1.807, 2.05) is 0 Å². The summed E-state index contributed by atoms with van der Waals surface area (Å²) in [5, 5.41) is 12.5. The maximum atomic E-state index is 9.00. The molecule has 0 fully saturated rings. The Balaban J connectivity index is 2.62. The van der Waals surface area contributed by atoms with E-state index >= 15 is 0 Å². The average Bonchev–Trinajstić information content (AvgIpc) is 2.20. The first-order chi connectivity index (χ1) is 6.77. The number of nitrogens with zero attached hydrogens (tertiary/aromatic N) is 1. The number of aliphatic hydroxyl groups excluding tert-OH is 1. The van der Waals surface area contributed by atoms with Gasteiger partial charge in [0.2, 0.25) is 0 Å². The molecule has 0 aliphatic rings. The van der Waals surface area contributed by atoms with E-state index < -0.39 is 0 Å². The molecular weight excluding hydrogens is 204 g/mol. The van der Waals surface area contributed by atoms with E-state index in [9.17, 15) is 0 Å². The van der Waals surface area contributed by atoms with Crippen LogP contribution in [0, 0.1) is 0 Å². The molecule has 1 aromatic heterocycles. The van der Waals surface area contributed by atoms with Crippen molar-refractivity contribution < 1.29 is 9.84 Å². The van der Waals surface area contributed by atoms with Crippen LogP contribution in [0.15, 0.2) is 18.3 Å². The highest BCUT2D eigenvalue weighted by Gasteiger charge is 2.09. The zero-order valence-electron chi connectivity index (χ0n) is 7.90. The molecule has 1 atom stereocenters. The van der Waals surface area contributed by atoms with Crippen LogP contribution in [0.5, 0.6) is 0 Å². The van der Waals surface area contributed by atoms with Crippen molar-refractivity contribution >= 4 is 17.4 Å². The first-order valence-electron chi connectivity index (χ1n) is 4.24. The molecule has 2 N–H and O–H groups in total. The standard InChI is InChI=1S/C9H13ClN2O2/c1-14-6-7(5-13)12-9-8(10)3-2-4-11-9/h2-4,7,13H,5-6H2,1H3,(H,11,12). The number of anilines is 1. The lowest BCUT2D eigenvalue weighted by molar-refractivity contribution is 0.153. The molecule has 0 saturated heterocycles. The molecule has 1 unspecified atom stereocenters. The first kappa shape index (κ1) is 11.2. The number of hydrogen-bond acceptors (Lipinski definition) is 4. The molecule has 0 amide bonds. The van der Waals surface area contributed by atoms with E-state index in [1.54, 1.807) is 25.4 Å². The molecule has 0 spiro atoms. The van der Waals surface area contributed by atoms with Crippen molar-refractivity contribution in [2.45, 2.75) is 6.04 Å². The van der Waals surface area contributed by atoms with Gasteiger partial charge >= 0.3 is 0 Å². The van der Waals surface area contributed by atoms with E-state index in [-0.39, 0.29) is 12.6 Å². The highest BCUT2D eigenvalue weighted by Crippen LogP contribution is 2.17. The quantitative estimate of drug-likeness (QED) is 0.776. The third kappa shape index (κ3) is 3.14. The Labute approximate surface area is 87.9 Å². The molecule has 1 aromatic rings. The molecule has 14 heavy (non-hydrogen) atoms. The van der Waals surface area contributed by atoms with Crippen molar-refractivity contribution in [1.29, 1.82) is 0 Å². The molecule has 1 rings (SSSR count). The lowest BCUT2D eigenvalue weighted by Crippen LogP contribution is -2.29. The maximum absolute atomic E-state index is 9.00. The van der Waals surface area contributed by atoms with Crippen LogP contribution in [-0.4, -0.2) is 36.5 Å². The fourth-order valence-electron chi connectivity index (χ4n) is 1.03. The topological polar surface area (TPSA) is 54.4 Å². The molecule has 0 saturated carbocycles. The Bertz CT molecular complexity index is 283. The zero-order chi connectivity index (χ0) is 10.4. The second-order valence-corrected chi connectivity index (χ2v) is 3.22. The maximum Gasteiger partial charge on any atom is 0.145 e. The van der Waals surface area contributed by atoms with E-state index in [0.29, 0.717) is 17.4 Å². The lowest BCUT2D eigenvalue weighted by Gasteiger charge is -2.16. The summed E-state index contributed by atoms with van der Waals surface area (Å²) in [6, 6.07) is 3.29. The highest BCUT2D eigenvalue weighted by molar-refractivity contribution is 6.32. The molecule has 0 bridgehead atoms. The number of rotatable bonds is 5. The molecule has 5 heteroatoms. The Hall–Kier alpha value is -0.840. The highest BCUT2D eigenvalue weighted by atomic mass is 35.5. The number of ether oxygens (including phenoxy) is 1. The number of aromatic nitrogens is 1. The van der Waals surface area contributed by atoms with Gasteiger partial charge in [-0.15, -0.1) is 0 Å². The normalized spacial score (nSPS) is 12.5. The smallest absolute Gasteiger partial charge is 0.145 e. The summed E-state index contributed by atoms with van der Waals surface area (Å²) in [7, 11) is 1.57.